The fourth-order valence-corrected chi connectivity index (χ4v) is 3.50. The van der Waals surface area contributed by atoms with E-state index >= 15 is 0 Å². The van der Waals surface area contributed by atoms with Crippen molar-refractivity contribution in [3.05, 3.63) is 22.4 Å². The highest BCUT2D eigenvalue weighted by atomic mass is 32.1. The Bertz CT molecular complexity index is 516. The molecule has 0 unspecified atom stereocenters. The lowest BCUT2D eigenvalue weighted by Gasteiger charge is -2.35. The molecule has 6 heteroatoms. The highest BCUT2D eigenvalue weighted by molar-refractivity contribution is 7.12. The van der Waals surface area contributed by atoms with Gasteiger partial charge in [0.05, 0.1) is 4.88 Å². The molecule has 0 radical (unpaired) electrons. The van der Waals surface area contributed by atoms with Crippen molar-refractivity contribution in [3.63, 3.8) is 0 Å². The SMILES string of the molecule is CC(C)N1CCC[C@@H](CNC(=O)[C@@H](C)NC(=O)c2cccs2)C1. The van der Waals surface area contributed by atoms with Crippen LogP contribution in [0.3, 0.4) is 0 Å². The van der Waals surface area contributed by atoms with Crippen LogP contribution in [-0.2, 0) is 4.79 Å². The summed E-state index contributed by atoms with van der Waals surface area (Å²) in [7, 11) is 0. The van der Waals surface area contributed by atoms with Gasteiger partial charge in [-0.25, -0.2) is 0 Å². The second kappa shape index (κ2) is 8.45. The minimum absolute atomic E-state index is 0.114. The first-order chi connectivity index (χ1) is 11.0. The van der Waals surface area contributed by atoms with Crippen molar-refractivity contribution in [2.45, 2.75) is 45.7 Å². The minimum Gasteiger partial charge on any atom is -0.354 e. The van der Waals surface area contributed by atoms with Crippen LogP contribution in [0.25, 0.3) is 0 Å². The second-order valence-corrected chi connectivity index (χ2v) is 7.46. The predicted molar refractivity (Wildman–Crippen MR) is 93.7 cm³/mol. The van der Waals surface area contributed by atoms with Gasteiger partial charge < -0.3 is 15.5 Å². The molecular weight excluding hydrogens is 310 g/mol. The van der Waals surface area contributed by atoms with Crippen LogP contribution in [0.5, 0.6) is 0 Å². The summed E-state index contributed by atoms with van der Waals surface area (Å²) >= 11 is 1.37. The first-order valence-electron chi connectivity index (χ1n) is 8.33. The topological polar surface area (TPSA) is 61.4 Å². The van der Waals surface area contributed by atoms with Crippen molar-refractivity contribution in [1.82, 2.24) is 15.5 Å². The third-order valence-corrected chi connectivity index (χ3v) is 5.20. The molecule has 1 aliphatic heterocycles. The van der Waals surface area contributed by atoms with Crippen molar-refractivity contribution in [3.8, 4) is 0 Å². The molecule has 0 aromatic carbocycles. The summed E-state index contributed by atoms with van der Waals surface area (Å²) in [5.74, 6) is 0.193. The molecule has 0 spiro atoms. The van der Waals surface area contributed by atoms with Crippen LogP contribution in [0.2, 0.25) is 0 Å². The van der Waals surface area contributed by atoms with Gasteiger partial charge in [0.1, 0.15) is 6.04 Å². The van der Waals surface area contributed by atoms with E-state index in [0.29, 0.717) is 23.4 Å². The van der Waals surface area contributed by atoms with E-state index in [4.69, 9.17) is 0 Å². The van der Waals surface area contributed by atoms with E-state index < -0.39 is 6.04 Å². The Hall–Kier alpha value is -1.40. The van der Waals surface area contributed by atoms with Crippen LogP contribution in [0.1, 0.15) is 43.3 Å². The van der Waals surface area contributed by atoms with Gasteiger partial charge in [0, 0.05) is 19.1 Å². The number of carbonyl (C=O) groups is 2. The molecule has 2 amide bonds. The number of likely N-dealkylation sites (tertiary alicyclic amines) is 1. The minimum atomic E-state index is -0.519. The zero-order chi connectivity index (χ0) is 16.8. The Labute approximate surface area is 142 Å². The van der Waals surface area contributed by atoms with E-state index in [9.17, 15) is 9.59 Å². The van der Waals surface area contributed by atoms with E-state index in [1.807, 2.05) is 11.4 Å². The van der Waals surface area contributed by atoms with Gasteiger partial charge in [0.15, 0.2) is 0 Å². The van der Waals surface area contributed by atoms with Crippen LogP contribution >= 0.6 is 11.3 Å². The molecular formula is C17H27N3O2S. The molecule has 2 atom stereocenters. The molecule has 2 rings (SSSR count). The highest BCUT2D eigenvalue weighted by Crippen LogP contribution is 2.17. The average Bonchev–Trinajstić information content (AvgIpc) is 3.07. The number of carbonyl (C=O) groups excluding carboxylic acids is 2. The number of amides is 2. The normalized spacial score (nSPS) is 20.3. The summed E-state index contributed by atoms with van der Waals surface area (Å²) in [6, 6.07) is 3.62. The van der Waals surface area contributed by atoms with Gasteiger partial charge in [-0.05, 0) is 57.5 Å². The lowest BCUT2D eigenvalue weighted by molar-refractivity contribution is -0.122. The molecule has 1 aromatic rings. The Morgan fingerprint density at radius 3 is 2.83 bits per heavy atom. The monoisotopic (exact) mass is 337 g/mol. The molecule has 2 heterocycles. The van der Waals surface area contributed by atoms with Gasteiger partial charge in [-0.15, -0.1) is 11.3 Å². The van der Waals surface area contributed by atoms with E-state index in [1.54, 1.807) is 13.0 Å². The van der Waals surface area contributed by atoms with Crippen molar-refractivity contribution in [2.24, 2.45) is 5.92 Å². The Morgan fingerprint density at radius 1 is 1.39 bits per heavy atom. The Morgan fingerprint density at radius 2 is 2.17 bits per heavy atom. The van der Waals surface area contributed by atoms with Crippen LogP contribution in [0.4, 0.5) is 0 Å². The predicted octanol–water partition coefficient (Wildman–Crippen LogP) is 2.10. The van der Waals surface area contributed by atoms with E-state index in [1.165, 1.54) is 17.8 Å². The Kier molecular flexibility index (Phi) is 6.59. The largest absolute Gasteiger partial charge is 0.354 e. The number of hydrogen-bond acceptors (Lipinski definition) is 4. The van der Waals surface area contributed by atoms with Gasteiger partial charge >= 0.3 is 0 Å². The maximum absolute atomic E-state index is 12.2. The molecule has 1 fully saturated rings. The zero-order valence-corrected chi connectivity index (χ0v) is 15.0. The van der Waals surface area contributed by atoms with Crippen LogP contribution in [0.15, 0.2) is 17.5 Å². The molecule has 0 bridgehead atoms. The summed E-state index contributed by atoms with van der Waals surface area (Å²) in [4.78, 5) is 27.2. The van der Waals surface area contributed by atoms with Gasteiger partial charge in [-0.2, -0.15) is 0 Å². The lowest BCUT2D eigenvalue weighted by Crippen LogP contribution is -2.48. The molecule has 2 N–H and O–H groups in total. The molecule has 23 heavy (non-hydrogen) atoms. The number of nitrogens with one attached hydrogen (secondary N) is 2. The van der Waals surface area contributed by atoms with Crippen LogP contribution in [0, 0.1) is 5.92 Å². The molecule has 5 nitrogen and oxygen atoms in total. The third-order valence-electron chi connectivity index (χ3n) is 4.33. The Balaban J connectivity index is 1.74. The summed E-state index contributed by atoms with van der Waals surface area (Å²) in [6.45, 7) is 9.01. The van der Waals surface area contributed by atoms with Crippen LogP contribution in [-0.4, -0.2) is 48.4 Å². The smallest absolute Gasteiger partial charge is 0.261 e. The average molecular weight is 337 g/mol. The van der Waals surface area contributed by atoms with E-state index in [0.717, 1.165) is 19.5 Å². The third kappa shape index (κ3) is 5.32. The first-order valence-corrected chi connectivity index (χ1v) is 9.21. The summed E-state index contributed by atoms with van der Waals surface area (Å²) in [6.07, 6.45) is 2.34. The van der Waals surface area contributed by atoms with Crippen LogP contribution < -0.4 is 10.6 Å². The number of rotatable bonds is 6. The first kappa shape index (κ1) is 17.9. The zero-order valence-electron chi connectivity index (χ0n) is 14.2. The molecule has 0 saturated carbocycles. The van der Waals surface area contributed by atoms with E-state index in [-0.39, 0.29) is 11.8 Å². The number of piperidine rings is 1. The molecule has 128 valence electrons. The van der Waals surface area contributed by atoms with Crippen molar-refractivity contribution in [2.75, 3.05) is 19.6 Å². The summed E-state index contributed by atoms with van der Waals surface area (Å²) < 4.78 is 0. The molecule has 1 aliphatic rings. The van der Waals surface area contributed by atoms with E-state index in [2.05, 4.69) is 29.4 Å². The number of hydrogen-bond donors (Lipinski definition) is 2. The van der Waals surface area contributed by atoms with Crippen molar-refractivity contribution in [1.29, 1.82) is 0 Å². The molecule has 1 saturated heterocycles. The maximum atomic E-state index is 12.2. The molecule has 0 aliphatic carbocycles. The van der Waals surface area contributed by atoms with Crippen molar-refractivity contribution >= 4 is 23.2 Å². The fourth-order valence-electron chi connectivity index (χ4n) is 2.87. The van der Waals surface area contributed by atoms with Gasteiger partial charge in [-0.1, -0.05) is 6.07 Å². The summed E-state index contributed by atoms with van der Waals surface area (Å²) in [5, 5.41) is 7.58. The fraction of sp³-hybridized carbons (Fsp3) is 0.647. The number of nitrogens with zero attached hydrogens (tertiary/aromatic N) is 1. The second-order valence-electron chi connectivity index (χ2n) is 6.51. The number of thiophene rings is 1. The highest BCUT2D eigenvalue weighted by Gasteiger charge is 2.23. The summed E-state index contributed by atoms with van der Waals surface area (Å²) in [5.41, 5.74) is 0. The standard InChI is InChI=1S/C17H27N3O2S/c1-12(2)20-8-4-6-14(11-20)10-18-16(21)13(3)19-17(22)15-7-5-9-23-15/h5,7,9,12-14H,4,6,8,10-11H2,1-3H3,(H,18,21)(H,19,22)/t13-,14+/m1/s1. The van der Waals surface area contributed by atoms with Crippen molar-refractivity contribution < 1.29 is 9.59 Å². The van der Waals surface area contributed by atoms with Gasteiger partial charge in [0.25, 0.3) is 5.91 Å². The van der Waals surface area contributed by atoms with Gasteiger partial charge in [0.2, 0.25) is 5.91 Å². The van der Waals surface area contributed by atoms with Gasteiger partial charge in [-0.3, -0.25) is 9.59 Å². The lowest BCUT2D eigenvalue weighted by atomic mass is 9.97. The quantitative estimate of drug-likeness (QED) is 0.836. The maximum Gasteiger partial charge on any atom is 0.261 e. The molecule has 1 aromatic heterocycles.